The third-order valence-corrected chi connectivity index (χ3v) is 9.28. The summed E-state index contributed by atoms with van der Waals surface area (Å²) in [4.78, 5) is 28.8. The molecule has 3 aromatic rings. The predicted molar refractivity (Wildman–Crippen MR) is 151 cm³/mol. The van der Waals surface area contributed by atoms with Crippen LogP contribution in [0.2, 0.25) is 0 Å². The van der Waals surface area contributed by atoms with E-state index >= 15 is 0 Å². The molecular formula is C30H37N3O4S. The molecule has 0 radical (unpaired) electrons. The summed E-state index contributed by atoms with van der Waals surface area (Å²) < 4.78 is 28.0. The van der Waals surface area contributed by atoms with Crippen LogP contribution in [0.3, 0.4) is 0 Å². The molecule has 0 unspecified atom stereocenters. The van der Waals surface area contributed by atoms with Gasteiger partial charge in [-0.2, -0.15) is 0 Å². The molecule has 1 aliphatic heterocycles. The second-order valence-corrected chi connectivity index (χ2v) is 11.8. The fourth-order valence-electron chi connectivity index (χ4n) is 5.05. The topological polar surface area (TPSA) is 86.8 Å². The highest BCUT2D eigenvalue weighted by Gasteiger charge is 2.35. The molecule has 0 bridgehead atoms. The highest BCUT2D eigenvalue weighted by atomic mass is 32.2. The molecule has 0 aliphatic carbocycles. The van der Waals surface area contributed by atoms with Gasteiger partial charge in [-0.05, 0) is 61.8 Å². The van der Waals surface area contributed by atoms with E-state index in [1.54, 1.807) is 17.0 Å². The van der Waals surface area contributed by atoms with Crippen molar-refractivity contribution in [3.05, 3.63) is 71.8 Å². The second kappa shape index (κ2) is 11.6. The van der Waals surface area contributed by atoms with Crippen LogP contribution in [0.4, 0.5) is 5.69 Å². The molecule has 0 saturated heterocycles. The van der Waals surface area contributed by atoms with Crippen LogP contribution < -0.4 is 9.62 Å². The van der Waals surface area contributed by atoms with Gasteiger partial charge in [-0.25, -0.2) is 8.42 Å². The van der Waals surface area contributed by atoms with Gasteiger partial charge in [0, 0.05) is 30.9 Å². The Bertz CT molecular complexity index is 1430. The van der Waals surface area contributed by atoms with Crippen molar-refractivity contribution in [1.82, 2.24) is 10.2 Å². The normalized spacial score (nSPS) is 15.3. The minimum atomic E-state index is -3.68. The third kappa shape index (κ3) is 5.41. The van der Waals surface area contributed by atoms with Gasteiger partial charge in [0.1, 0.15) is 6.04 Å². The van der Waals surface area contributed by atoms with Gasteiger partial charge in [-0.15, -0.1) is 0 Å². The maximum atomic E-state index is 13.6. The lowest BCUT2D eigenvalue weighted by Crippen LogP contribution is -2.50. The molecule has 3 aromatic carbocycles. The first-order valence-corrected chi connectivity index (χ1v) is 14.8. The molecule has 8 heteroatoms. The SMILES string of the molecule is CC[C@H](C(=O)N[C@@H](C)CC)N(Cc1ccccc1C)C(=O)CCCN1c2cccc3cccc(c23)S1(=O)=O. The van der Waals surface area contributed by atoms with E-state index in [4.69, 9.17) is 0 Å². The molecule has 4 rings (SSSR count). The lowest BCUT2D eigenvalue weighted by molar-refractivity contribution is -0.141. The minimum Gasteiger partial charge on any atom is -0.352 e. The molecule has 2 amide bonds. The Morgan fingerprint density at radius 1 is 0.974 bits per heavy atom. The van der Waals surface area contributed by atoms with E-state index in [1.807, 2.05) is 76.2 Å². The van der Waals surface area contributed by atoms with Gasteiger partial charge in [0.05, 0.1) is 10.6 Å². The van der Waals surface area contributed by atoms with Gasteiger partial charge < -0.3 is 10.2 Å². The van der Waals surface area contributed by atoms with E-state index in [1.165, 1.54) is 4.31 Å². The van der Waals surface area contributed by atoms with Crippen molar-refractivity contribution in [2.45, 2.75) is 76.9 Å². The molecule has 202 valence electrons. The number of benzene rings is 3. The van der Waals surface area contributed by atoms with Crippen molar-refractivity contribution in [2.24, 2.45) is 0 Å². The van der Waals surface area contributed by atoms with E-state index < -0.39 is 16.1 Å². The van der Waals surface area contributed by atoms with Crippen molar-refractivity contribution in [2.75, 3.05) is 10.8 Å². The average molecular weight is 536 g/mol. The predicted octanol–water partition coefficient (Wildman–Crippen LogP) is 5.16. The summed E-state index contributed by atoms with van der Waals surface area (Å²) >= 11 is 0. The number of hydrogen-bond donors (Lipinski definition) is 1. The maximum Gasteiger partial charge on any atom is 0.265 e. The first-order valence-electron chi connectivity index (χ1n) is 13.4. The minimum absolute atomic E-state index is 0.0108. The lowest BCUT2D eigenvalue weighted by atomic mass is 10.0. The van der Waals surface area contributed by atoms with E-state index in [0.717, 1.165) is 28.3 Å². The molecule has 38 heavy (non-hydrogen) atoms. The fourth-order valence-corrected chi connectivity index (χ4v) is 6.80. The van der Waals surface area contributed by atoms with Gasteiger partial charge in [0.15, 0.2) is 0 Å². The molecule has 0 spiro atoms. The average Bonchev–Trinajstić information content (AvgIpc) is 3.12. The van der Waals surface area contributed by atoms with Crippen molar-refractivity contribution in [3.63, 3.8) is 0 Å². The number of carbonyl (C=O) groups is 2. The van der Waals surface area contributed by atoms with Gasteiger partial charge in [-0.3, -0.25) is 13.9 Å². The monoisotopic (exact) mass is 535 g/mol. The number of carbonyl (C=O) groups excluding carboxylic acids is 2. The van der Waals surface area contributed by atoms with Crippen LogP contribution >= 0.6 is 0 Å². The Balaban J connectivity index is 1.53. The zero-order valence-corrected chi connectivity index (χ0v) is 23.4. The summed E-state index contributed by atoms with van der Waals surface area (Å²) in [5.41, 5.74) is 2.69. The summed E-state index contributed by atoms with van der Waals surface area (Å²) in [6.45, 7) is 8.38. The second-order valence-electron chi connectivity index (χ2n) is 10.0. The zero-order chi connectivity index (χ0) is 27.4. The summed E-state index contributed by atoms with van der Waals surface area (Å²) in [6.07, 6.45) is 1.76. The molecule has 1 N–H and O–H groups in total. The van der Waals surface area contributed by atoms with Crippen LogP contribution in [0.5, 0.6) is 0 Å². The number of rotatable bonds is 11. The highest BCUT2D eigenvalue weighted by molar-refractivity contribution is 7.93. The van der Waals surface area contributed by atoms with Crippen molar-refractivity contribution in [1.29, 1.82) is 0 Å². The number of sulfonamides is 1. The van der Waals surface area contributed by atoms with Crippen molar-refractivity contribution in [3.8, 4) is 0 Å². The zero-order valence-electron chi connectivity index (χ0n) is 22.6. The third-order valence-electron chi connectivity index (χ3n) is 7.42. The Morgan fingerprint density at radius 3 is 2.37 bits per heavy atom. The fraction of sp³-hybridized carbons (Fsp3) is 0.400. The van der Waals surface area contributed by atoms with Gasteiger partial charge >= 0.3 is 0 Å². The molecule has 0 fully saturated rings. The molecule has 1 aliphatic rings. The first-order chi connectivity index (χ1) is 18.2. The van der Waals surface area contributed by atoms with Gasteiger partial charge in [-0.1, -0.05) is 62.4 Å². The summed E-state index contributed by atoms with van der Waals surface area (Å²) in [5.74, 6) is -0.320. The number of nitrogens with zero attached hydrogens (tertiary/aromatic N) is 2. The number of nitrogens with one attached hydrogen (secondary N) is 1. The molecule has 0 saturated carbocycles. The summed E-state index contributed by atoms with van der Waals surface area (Å²) in [7, 11) is -3.68. The Hall–Kier alpha value is -3.39. The summed E-state index contributed by atoms with van der Waals surface area (Å²) in [6, 6.07) is 18.1. The van der Waals surface area contributed by atoms with Crippen molar-refractivity contribution < 1.29 is 18.0 Å². The maximum absolute atomic E-state index is 13.6. The van der Waals surface area contributed by atoms with Gasteiger partial charge in [0.25, 0.3) is 10.0 Å². The van der Waals surface area contributed by atoms with Crippen molar-refractivity contribution >= 4 is 38.3 Å². The molecule has 1 heterocycles. The van der Waals surface area contributed by atoms with Gasteiger partial charge in [0.2, 0.25) is 11.8 Å². The molecule has 2 atom stereocenters. The van der Waals surface area contributed by atoms with Crippen LogP contribution in [0.25, 0.3) is 10.8 Å². The quantitative estimate of drug-likeness (QED) is 0.368. The standard InChI is InChI=1S/C30H37N3O4S/c1-5-22(4)31-30(35)25(6-2)32(20-24-13-8-7-12-21(24)3)28(34)18-11-19-33-26-16-9-14-23-15-10-17-27(29(23)26)38(33,36)37/h7-10,12-17,22,25H,5-6,11,18-20H2,1-4H3,(H,31,35)/t22-,25+/m0/s1. The lowest BCUT2D eigenvalue weighted by Gasteiger charge is -2.32. The molecule has 0 aromatic heterocycles. The first kappa shape index (κ1) is 27.6. The Morgan fingerprint density at radius 2 is 1.68 bits per heavy atom. The number of hydrogen-bond acceptors (Lipinski definition) is 4. The van der Waals surface area contributed by atoms with Crippen LogP contribution in [-0.4, -0.2) is 43.8 Å². The number of amides is 2. The summed E-state index contributed by atoms with van der Waals surface area (Å²) in [5, 5.41) is 4.64. The van der Waals surface area contributed by atoms with Crippen LogP contribution in [0.15, 0.2) is 65.6 Å². The highest BCUT2D eigenvalue weighted by Crippen LogP contribution is 2.42. The Kier molecular flexibility index (Phi) is 8.41. The van der Waals surface area contributed by atoms with Crippen LogP contribution in [-0.2, 0) is 26.2 Å². The molecular weight excluding hydrogens is 498 g/mol. The molecule has 7 nitrogen and oxygen atoms in total. The van der Waals surface area contributed by atoms with E-state index in [9.17, 15) is 18.0 Å². The van der Waals surface area contributed by atoms with E-state index in [-0.39, 0.29) is 30.8 Å². The smallest absolute Gasteiger partial charge is 0.265 e. The van der Waals surface area contributed by atoms with Crippen LogP contribution in [0.1, 0.15) is 57.6 Å². The Labute approximate surface area is 225 Å². The number of aryl methyl sites for hydroxylation is 1. The van der Waals surface area contributed by atoms with Crippen LogP contribution in [0, 0.1) is 6.92 Å². The number of anilines is 1. The van der Waals surface area contributed by atoms with E-state index in [2.05, 4.69) is 5.32 Å². The van der Waals surface area contributed by atoms with E-state index in [0.29, 0.717) is 30.0 Å². The largest absolute Gasteiger partial charge is 0.352 e.